The first-order valence-electron chi connectivity index (χ1n) is 16.6. The van der Waals surface area contributed by atoms with Crippen LogP contribution in [0.1, 0.15) is 75.1 Å². The van der Waals surface area contributed by atoms with E-state index in [-0.39, 0.29) is 57.5 Å². The summed E-state index contributed by atoms with van der Waals surface area (Å²) in [5.74, 6) is -0.668. The molecule has 1 aliphatic rings. The number of amides is 2. The third kappa shape index (κ3) is 16.6. The summed E-state index contributed by atoms with van der Waals surface area (Å²) in [6.45, 7) is 2.41. The lowest BCUT2D eigenvalue weighted by Gasteiger charge is -2.25. The molecule has 3 unspecified atom stereocenters. The topological polar surface area (TPSA) is 239 Å². The Morgan fingerprint density at radius 1 is 0.917 bits per heavy atom. The molecule has 2 amide bonds. The second-order valence-corrected chi connectivity index (χ2v) is 13.8. The molecule has 1 saturated carbocycles. The van der Waals surface area contributed by atoms with Crippen molar-refractivity contribution in [1.82, 2.24) is 20.7 Å². The van der Waals surface area contributed by atoms with E-state index in [0.29, 0.717) is 31.8 Å². The van der Waals surface area contributed by atoms with Gasteiger partial charge in [0.15, 0.2) is 4.90 Å². The maximum atomic E-state index is 12.7. The molecule has 0 aliphatic heterocycles. The van der Waals surface area contributed by atoms with E-state index in [1.807, 2.05) is 0 Å². The fourth-order valence-electron chi connectivity index (χ4n) is 5.25. The molecule has 0 aromatic heterocycles. The van der Waals surface area contributed by atoms with Gasteiger partial charge in [0, 0.05) is 51.3 Å². The van der Waals surface area contributed by atoms with Gasteiger partial charge in [-0.05, 0) is 43.7 Å². The molecular formula is C31H53N5O11S. The van der Waals surface area contributed by atoms with Crippen LogP contribution in [0.5, 0.6) is 0 Å². The summed E-state index contributed by atoms with van der Waals surface area (Å²) < 4.78 is 38.4. The number of rotatable bonds is 23. The van der Waals surface area contributed by atoms with Gasteiger partial charge in [0.1, 0.15) is 0 Å². The Bertz CT molecular complexity index is 1230. The van der Waals surface area contributed by atoms with Gasteiger partial charge in [0.2, 0.25) is 15.9 Å². The third-order valence-electron chi connectivity index (χ3n) is 7.90. The van der Waals surface area contributed by atoms with Gasteiger partial charge in [-0.1, -0.05) is 32.1 Å². The lowest BCUT2D eigenvalue weighted by molar-refractivity contribution is -0.387. The van der Waals surface area contributed by atoms with Crippen LogP contribution < -0.4 is 20.7 Å². The highest BCUT2D eigenvalue weighted by atomic mass is 32.2. The second kappa shape index (κ2) is 22.8. The SMILES string of the molecule is CC(=O)NCCCCNS(=O)(=O)c1ccc(C(=O)NCC(O)COCCOCC(O)CNCC(O)C2CCCCCCC2)cc1[N+](=O)[O-]. The standard InChI is InChI=1S/C31H53N5O11S/c1-23(37)33-13-7-8-14-35-48(44,45)30-12-11-25(17-28(30)36(42)43)31(41)34-19-27(39)22-47-16-15-46-21-26(38)18-32-20-29(40)24-9-5-3-2-4-6-10-24/h11-12,17,24,26-27,29,32,35,38-40H,2-10,13-16,18-22H2,1H3,(H,33,37)(H,34,41). The molecule has 0 heterocycles. The summed E-state index contributed by atoms with van der Waals surface area (Å²) in [6, 6.07) is 2.97. The number of aliphatic hydroxyl groups is 3. The number of nitrogens with zero attached hydrogens (tertiary/aromatic N) is 1. The monoisotopic (exact) mass is 703 g/mol. The van der Waals surface area contributed by atoms with E-state index in [9.17, 15) is 43.4 Å². The average molecular weight is 704 g/mol. The second-order valence-electron chi connectivity index (χ2n) is 12.0. The minimum Gasteiger partial charge on any atom is -0.392 e. The van der Waals surface area contributed by atoms with Crippen molar-refractivity contribution in [2.45, 2.75) is 87.9 Å². The molecule has 2 rings (SSSR count). The zero-order chi connectivity index (χ0) is 35.4. The Morgan fingerprint density at radius 2 is 1.52 bits per heavy atom. The largest absolute Gasteiger partial charge is 0.392 e. The van der Waals surface area contributed by atoms with Crippen molar-refractivity contribution in [3.8, 4) is 0 Å². The fraction of sp³-hybridized carbons (Fsp3) is 0.742. The predicted octanol–water partition coefficient (Wildman–Crippen LogP) is 0.585. The highest BCUT2D eigenvalue weighted by molar-refractivity contribution is 7.89. The molecule has 16 nitrogen and oxygen atoms in total. The Hall–Kier alpha value is -2.77. The Labute approximate surface area is 282 Å². The number of aliphatic hydroxyl groups excluding tert-OH is 3. The maximum absolute atomic E-state index is 12.7. The first-order chi connectivity index (χ1) is 22.9. The van der Waals surface area contributed by atoms with Crippen molar-refractivity contribution in [2.24, 2.45) is 5.92 Å². The number of ether oxygens (including phenoxy) is 2. The smallest absolute Gasteiger partial charge is 0.290 e. The van der Waals surface area contributed by atoms with Crippen molar-refractivity contribution in [3.63, 3.8) is 0 Å². The quantitative estimate of drug-likeness (QED) is 0.0471. The first kappa shape index (κ1) is 41.4. The summed E-state index contributed by atoms with van der Waals surface area (Å²) in [5, 5.41) is 50.5. The number of nitro groups is 1. The summed E-state index contributed by atoms with van der Waals surface area (Å²) in [5.41, 5.74) is -0.944. The van der Waals surface area contributed by atoms with Gasteiger partial charge in [-0.25, -0.2) is 13.1 Å². The molecule has 1 aromatic carbocycles. The molecule has 274 valence electrons. The number of unbranched alkanes of at least 4 members (excludes halogenated alkanes) is 1. The Morgan fingerprint density at radius 3 is 2.15 bits per heavy atom. The van der Waals surface area contributed by atoms with Crippen molar-refractivity contribution >= 4 is 27.5 Å². The summed E-state index contributed by atoms with van der Waals surface area (Å²) in [7, 11) is -4.25. The van der Waals surface area contributed by atoms with E-state index < -0.39 is 49.7 Å². The number of nitrogens with one attached hydrogen (secondary N) is 4. The Balaban J connectivity index is 1.64. The average Bonchev–Trinajstić information content (AvgIpc) is 3.02. The molecule has 7 N–H and O–H groups in total. The predicted molar refractivity (Wildman–Crippen MR) is 177 cm³/mol. The summed E-state index contributed by atoms with van der Waals surface area (Å²) >= 11 is 0. The molecule has 0 bridgehead atoms. The minimum absolute atomic E-state index is 0.00107. The normalized spacial score (nSPS) is 16.3. The highest BCUT2D eigenvalue weighted by Crippen LogP contribution is 2.26. The van der Waals surface area contributed by atoms with Gasteiger partial charge in [-0.15, -0.1) is 0 Å². The van der Waals surface area contributed by atoms with E-state index in [0.717, 1.165) is 43.9 Å². The number of carbonyl (C=O) groups is 2. The summed E-state index contributed by atoms with van der Waals surface area (Å²) in [4.78, 5) is 33.6. The van der Waals surface area contributed by atoms with Crippen LogP contribution >= 0.6 is 0 Å². The molecule has 0 saturated heterocycles. The van der Waals surface area contributed by atoms with Gasteiger partial charge >= 0.3 is 0 Å². The van der Waals surface area contributed by atoms with Gasteiger partial charge in [-0.3, -0.25) is 19.7 Å². The van der Waals surface area contributed by atoms with Gasteiger partial charge in [0.05, 0.1) is 49.7 Å². The van der Waals surface area contributed by atoms with Crippen molar-refractivity contribution < 1.29 is 47.7 Å². The molecule has 3 atom stereocenters. The maximum Gasteiger partial charge on any atom is 0.290 e. The van der Waals surface area contributed by atoms with Crippen molar-refractivity contribution in [3.05, 3.63) is 33.9 Å². The van der Waals surface area contributed by atoms with Gasteiger partial charge in [-0.2, -0.15) is 0 Å². The number of carbonyl (C=O) groups excluding carboxylic acids is 2. The van der Waals surface area contributed by atoms with E-state index in [2.05, 4.69) is 20.7 Å². The van der Waals surface area contributed by atoms with E-state index in [1.54, 1.807) is 0 Å². The van der Waals surface area contributed by atoms with Crippen LogP contribution in [-0.2, 0) is 24.3 Å². The summed E-state index contributed by atoms with van der Waals surface area (Å²) in [6.07, 6.45) is 6.67. The van der Waals surface area contributed by atoms with Crippen LogP contribution in [0.15, 0.2) is 23.1 Å². The number of benzene rings is 1. The number of nitro benzene ring substituents is 1. The van der Waals surface area contributed by atoms with Crippen LogP contribution in [-0.4, -0.2) is 118 Å². The molecule has 17 heteroatoms. The van der Waals surface area contributed by atoms with E-state index in [4.69, 9.17) is 9.47 Å². The van der Waals surface area contributed by atoms with Gasteiger partial charge < -0.3 is 40.7 Å². The molecule has 0 spiro atoms. The van der Waals surface area contributed by atoms with Crippen molar-refractivity contribution in [1.29, 1.82) is 0 Å². The molecule has 0 radical (unpaired) electrons. The molecule has 48 heavy (non-hydrogen) atoms. The van der Waals surface area contributed by atoms with Crippen LogP contribution in [0.2, 0.25) is 0 Å². The first-order valence-corrected chi connectivity index (χ1v) is 18.1. The van der Waals surface area contributed by atoms with Crippen LogP contribution in [0, 0.1) is 16.0 Å². The lowest BCUT2D eigenvalue weighted by atomic mass is 9.87. The van der Waals surface area contributed by atoms with Crippen LogP contribution in [0.3, 0.4) is 0 Å². The van der Waals surface area contributed by atoms with Gasteiger partial charge in [0.25, 0.3) is 11.6 Å². The lowest BCUT2D eigenvalue weighted by Crippen LogP contribution is -2.38. The number of sulfonamides is 1. The number of hydrogen-bond donors (Lipinski definition) is 7. The molecule has 1 aliphatic carbocycles. The minimum atomic E-state index is -4.25. The molecular weight excluding hydrogens is 650 g/mol. The van der Waals surface area contributed by atoms with E-state index in [1.165, 1.54) is 26.2 Å². The van der Waals surface area contributed by atoms with E-state index >= 15 is 0 Å². The fourth-order valence-corrected chi connectivity index (χ4v) is 6.48. The Kier molecular flexibility index (Phi) is 19.7. The zero-order valence-corrected chi connectivity index (χ0v) is 28.5. The van der Waals surface area contributed by atoms with Crippen LogP contribution in [0.25, 0.3) is 0 Å². The number of hydrogen-bond acceptors (Lipinski definition) is 12. The molecule has 1 fully saturated rings. The highest BCUT2D eigenvalue weighted by Gasteiger charge is 2.27. The van der Waals surface area contributed by atoms with Crippen LogP contribution in [0.4, 0.5) is 5.69 Å². The van der Waals surface area contributed by atoms with Crippen molar-refractivity contribution in [2.75, 3.05) is 59.2 Å². The third-order valence-corrected chi connectivity index (χ3v) is 9.40. The zero-order valence-electron chi connectivity index (χ0n) is 27.7. The molecule has 1 aromatic rings.